The van der Waals surface area contributed by atoms with Crippen molar-refractivity contribution in [1.29, 1.82) is 0 Å². The summed E-state index contributed by atoms with van der Waals surface area (Å²) in [5, 5.41) is 2.50. The van der Waals surface area contributed by atoms with Crippen molar-refractivity contribution in [1.82, 2.24) is 4.90 Å². The molecule has 2 N–H and O–H groups in total. The van der Waals surface area contributed by atoms with Crippen molar-refractivity contribution in [2.45, 2.75) is 31.8 Å². The van der Waals surface area contributed by atoms with Crippen LogP contribution in [-0.2, 0) is 6.54 Å². The number of nitrogens with two attached hydrogens (primary N) is 1. The van der Waals surface area contributed by atoms with Crippen molar-refractivity contribution in [3.05, 3.63) is 42.0 Å². The van der Waals surface area contributed by atoms with Gasteiger partial charge in [-0.1, -0.05) is 24.6 Å². The lowest BCUT2D eigenvalue weighted by molar-refractivity contribution is 0.145. The number of hydrogen-bond acceptors (Lipinski definition) is 3. The van der Waals surface area contributed by atoms with Crippen LogP contribution in [-0.4, -0.2) is 31.1 Å². The highest BCUT2D eigenvalue weighted by Gasteiger charge is 2.20. The summed E-state index contributed by atoms with van der Waals surface area (Å²) in [6, 6.07) is 13.5. The van der Waals surface area contributed by atoms with Crippen LogP contribution in [0.4, 0.5) is 0 Å². The number of likely N-dealkylation sites (tertiary alicyclic amines) is 1. The van der Waals surface area contributed by atoms with E-state index in [0.29, 0.717) is 6.04 Å². The van der Waals surface area contributed by atoms with Crippen LogP contribution in [0.25, 0.3) is 10.8 Å². The van der Waals surface area contributed by atoms with E-state index in [-0.39, 0.29) is 12.4 Å². The van der Waals surface area contributed by atoms with Crippen molar-refractivity contribution in [2.24, 2.45) is 5.73 Å². The van der Waals surface area contributed by atoms with Crippen molar-refractivity contribution >= 4 is 23.2 Å². The minimum atomic E-state index is 0. The molecule has 1 unspecified atom stereocenters. The van der Waals surface area contributed by atoms with Gasteiger partial charge in [0.25, 0.3) is 0 Å². The van der Waals surface area contributed by atoms with Crippen molar-refractivity contribution in [3.63, 3.8) is 0 Å². The molecule has 1 fully saturated rings. The maximum atomic E-state index is 5.91. The fourth-order valence-corrected chi connectivity index (χ4v) is 3.27. The van der Waals surface area contributed by atoms with E-state index in [1.165, 1.54) is 42.1 Å². The topological polar surface area (TPSA) is 38.5 Å². The van der Waals surface area contributed by atoms with Gasteiger partial charge in [-0.2, -0.15) is 0 Å². The number of hydrogen-bond donors (Lipinski definition) is 1. The molecule has 0 aliphatic carbocycles. The van der Waals surface area contributed by atoms with Crippen LogP contribution in [0.1, 0.15) is 24.8 Å². The Balaban J connectivity index is 0.00000176. The minimum Gasteiger partial charge on any atom is -0.497 e. The first-order valence-electron chi connectivity index (χ1n) is 7.81. The Morgan fingerprint density at radius 3 is 2.68 bits per heavy atom. The number of piperidine rings is 1. The predicted octanol–water partition coefficient (Wildman–Crippen LogP) is 3.58. The molecule has 2 aromatic rings. The molecule has 0 bridgehead atoms. The van der Waals surface area contributed by atoms with Gasteiger partial charge in [-0.3, -0.25) is 4.90 Å². The molecule has 1 saturated heterocycles. The molecule has 0 spiro atoms. The van der Waals surface area contributed by atoms with E-state index in [0.717, 1.165) is 18.8 Å². The zero-order valence-corrected chi connectivity index (χ0v) is 13.9. The maximum Gasteiger partial charge on any atom is 0.119 e. The highest BCUT2D eigenvalue weighted by Crippen LogP contribution is 2.24. The third kappa shape index (κ3) is 3.72. The molecular formula is C18H25ClN2O. The van der Waals surface area contributed by atoms with E-state index >= 15 is 0 Å². The molecule has 0 radical (unpaired) electrons. The Kier molecular flexibility index (Phi) is 6.07. The van der Waals surface area contributed by atoms with E-state index in [2.05, 4.69) is 35.2 Å². The summed E-state index contributed by atoms with van der Waals surface area (Å²) < 4.78 is 5.28. The first kappa shape index (κ1) is 17.1. The molecule has 3 rings (SSSR count). The van der Waals surface area contributed by atoms with Gasteiger partial charge in [-0.15, -0.1) is 12.4 Å². The molecule has 4 heteroatoms. The van der Waals surface area contributed by atoms with Crippen LogP contribution >= 0.6 is 12.4 Å². The summed E-state index contributed by atoms with van der Waals surface area (Å²) in [5.74, 6) is 0.912. The SMILES string of the molecule is COc1ccc2cc(CN3CCCCC3CN)ccc2c1.Cl. The Labute approximate surface area is 138 Å². The zero-order valence-electron chi connectivity index (χ0n) is 13.1. The van der Waals surface area contributed by atoms with Gasteiger partial charge in [0.1, 0.15) is 5.75 Å². The number of nitrogens with zero attached hydrogens (tertiary/aromatic N) is 1. The summed E-state index contributed by atoms with van der Waals surface area (Å²) in [5.41, 5.74) is 7.28. The molecular weight excluding hydrogens is 296 g/mol. The summed E-state index contributed by atoms with van der Waals surface area (Å²) in [6.07, 6.45) is 3.85. The lowest BCUT2D eigenvalue weighted by atomic mass is 10.0. The number of methoxy groups -OCH3 is 1. The van der Waals surface area contributed by atoms with E-state index in [4.69, 9.17) is 10.5 Å². The lowest BCUT2D eigenvalue weighted by Gasteiger charge is -2.35. The second-order valence-electron chi connectivity index (χ2n) is 5.90. The molecule has 0 amide bonds. The number of ether oxygens (including phenoxy) is 1. The first-order chi connectivity index (χ1) is 10.3. The molecule has 3 nitrogen and oxygen atoms in total. The Bertz CT molecular complexity index is 617. The monoisotopic (exact) mass is 320 g/mol. The van der Waals surface area contributed by atoms with Gasteiger partial charge in [0.2, 0.25) is 0 Å². The smallest absolute Gasteiger partial charge is 0.119 e. The first-order valence-corrected chi connectivity index (χ1v) is 7.81. The average molecular weight is 321 g/mol. The summed E-state index contributed by atoms with van der Waals surface area (Å²) in [4.78, 5) is 2.54. The van der Waals surface area contributed by atoms with Gasteiger partial charge in [-0.05, 0) is 53.9 Å². The lowest BCUT2D eigenvalue weighted by Crippen LogP contribution is -2.43. The standard InChI is InChI=1S/C18H24N2O.ClH/c1-21-18-8-7-15-10-14(5-6-16(15)11-18)13-20-9-3-2-4-17(20)12-19;/h5-8,10-11,17H,2-4,9,12-13,19H2,1H3;1H. The Hall–Kier alpha value is -1.29. The third-order valence-electron chi connectivity index (χ3n) is 4.52. The predicted molar refractivity (Wildman–Crippen MR) is 94.9 cm³/mol. The molecule has 1 aliphatic rings. The van der Waals surface area contributed by atoms with Gasteiger partial charge in [0, 0.05) is 19.1 Å². The van der Waals surface area contributed by atoms with Gasteiger partial charge in [0.15, 0.2) is 0 Å². The molecule has 120 valence electrons. The number of fused-ring (bicyclic) bond motifs is 1. The molecule has 0 aromatic heterocycles. The molecule has 0 saturated carbocycles. The summed E-state index contributed by atoms with van der Waals surface area (Å²) in [6.45, 7) is 2.94. The fraction of sp³-hybridized carbons (Fsp3) is 0.444. The number of rotatable bonds is 4. The normalized spacial score (nSPS) is 18.9. The second-order valence-corrected chi connectivity index (χ2v) is 5.90. The second kappa shape index (κ2) is 7.82. The van der Waals surface area contributed by atoms with Crippen LogP contribution in [0.5, 0.6) is 5.75 Å². The Morgan fingerprint density at radius 2 is 1.91 bits per heavy atom. The molecule has 22 heavy (non-hydrogen) atoms. The van der Waals surface area contributed by atoms with Crippen LogP contribution < -0.4 is 10.5 Å². The summed E-state index contributed by atoms with van der Waals surface area (Å²) >= 11 is 0. The van der Waals surface area contributed by atoms with Crippen LogP contribution in [0.3, 0.4) is 0 Å². The third-order valence-corrected chi connectivity index (χ3v) is 4.52. The van der Waals surface area contributed by atoms with E-state index in [1.54, 1.807) is 7.11 Å². The minimum absolute atomic E-state index is 0. The van der Waals surface area contributed by atoms with Gasteiger partial charge in [-0.25, -0.2) is 0 Å². The number of halogens is 1. The maximum absolute atomic E-state index is 5.91. The van der Waals surface area contributed by atoms with Gasteiger partial charge < -0.3 is 10.5 Å². The van der Waals surface area contributed by atoms with E-state index in [1.807, 2.05) is 6.07 Å². The van der Waals surface area contributed by atoms with Gasteiger partial charge >= 0.3 is 0 Å². The van der Waals surface area contributed by atoms with Crippen molar-refractivity contribution in [2.75, 3.05) is 20.2 Å². The fourth-order valence-electron chi connectivity index (χ4n) is 3.27. The molecule has 2 aromatic carbocycles. The van der Waals surface area contributed by atoms with E-state index < -0.39 is 0 Å². The zero-order chi connectivity index (χ0) is 14.7. The average Bonchev–Trinajstić information content (AvgIpc) is 2.55. The molecule has 1 aliphatic heterocycles. The van der Waals surface area contributed by atoms with E-state index in [9.17, 15) is 0 Å². The summed E-state index contributed by atoms with van der Waals surface area (Å²) in [7, 11) is 1.71. The molecule has 1 heterocycles. The Morgan fingerprint density at radius 1 is 1.14 bits per heavy atom. The van der Waals surface area contributed by atoms with Crippen molar-refractivity contribution in [3.8, 4) is 5.75 Å². The highest BCUT2D eigenvalue weighted by molar-refractivity contribution is 5.85. The van der Waals surface area contributed by atoms with Crippen LogP contribution in [0, 0.1) is 0 Å². The largest absolute Gasteiger partial charge is 0.497 e. The van der Waals surface area contributed by atoms with Gasteiger partial charge in [0.05, 0.1) is 7.11 Å². The quantitative estimate of drug-likeness (QED) is 0.935. The van der Waals surface area contributed by atoms with Crippen molar-refractivity contribution < 1.29 is 4.74 Å². The highest BCUT2D eigenvalue weighted by atomic mass is 35.5. The van der Waals surface area contributed by atoms with Crippen LogP contribution in [0.2, 0.25) is 0 Å². The number of benzene rings is 2. The molecule has 1 atom stereocenters. The van der Waals surface area contributed by atoms with Crippen LogP contribution in [0.15, 0.2) is 36.4 Å².